The summed E-state index contributed by atoms with van der Waals surface area (Å²) in [6.07, 6.45) is 4.39. The van der Waals surface area contributed by atoms with Crippen LogP contribution in [0.25, 0.3) is 0 Å². The molecule has 2 unspecified atom stereocenters. The van der Waals surface area contributed by atoms with Gasteiger partial charge in [-0.05, 0) is 43.0 Å². The van der Waals surface area contributed by atoms with Gasteiger partial charge in [-0.2, -0.15) is 0 Å². The van der Waals surface area contributed by atoms with Crippen LogP contribution in [0.2, 0.25) is 5.02 Å². The van der Waals surface area contributed by atoms with Crippen LogP contribution in [-0.2, 0) is 11.3 Å². The van der Waals surface area contributed by atoms with Crippen molar-refractivity contribution < 1.29 is 4.79 Å². The Morgan fingerprint density at radius 1 is 1.40 bits per heavy atom. The average molecular weight is 295 g/mol. The van der Waals surface area contributed by atoms with Crippen LogP contribution in [0.15, 0.2) is 24.3 Å². The van der Waals surface area contributed by atoms with Crippen LogP contribution >= 0.6 is 11.6 Å². The van der Waals surface area contributed by atoms with Crippen LogP contribution in [-0.4, -0.2) is 24.4 Å². The van der Waals surface area contributed by atoms with Crippen molar-refractivity contribution in [2.75, 3.05) is 13.6 Å². The summed E-state index contributed by atoms with van der Waals surface area (Å²) in [5, 5.41) is 0.709. The highest BCUT2D eigenvalue weighted by molar-refractivity contribution is 6.30. The molecule has 0 aliphatic heterocycles. The van der Waals surface area contributed by atoms with E-state index in [9.17, 15) is 4.79 Å². The van der Waals surface area contributed by atoms with Crippen molar-refractivity contribution in [3.63, 3.8) is 0 Å². The molecular weight excluding hydrogens is 272 g/mol. The summed E-state index contributed by atoms with van der Waals surface area (Å²) in [7, 11) is 1.87. The van der Waals surface area contributed by atoms with Crippen molar-refractivity contribution in [2.24, 2.45) is 17.6 Å². The zero-order chi connectivity index (χ0) is 14.5. The van der Waals surface area contributed by atoms with E-state index in [1.54, 1.807) is 0 Å². The van der Waals surface area contributed by atoms with Crippen molar-refractivity contribution in [3.8, 4) is 0 Å². The van der Waals surface area contributed by atoms with E-state index in [0.717, 1.165) is 24.8 Å². The Labute approximate surface area is 126 Å². The summed E-state index contributed by atoms with van der Waals surface area (Å²) in [6, 6.07) is 7.67. The first-order chi connectivity index (χ1) is 9.61. The Bertz CT molecular complexity index is 464. The van der Waals surface area contributed by atoms with Gasteiger partial charge in [0.2, 0.25) is 5.91 Å². The lowest BCUT2D eigenvalue weighted by Gasteiger charge is -2.32. The molecule has 3 nitrogen and oxygen atoms in total. The summed E-state index contributed by atoms with van der Waals surface area (Å²) in [6.45, 7) is 1.22. The number of rotatable bonds is 4. The number of amides is 1. The Hall–Kier alpha value is -1.06. The molecule has 1 aromatic carbocycles. The zero-order valence-electron chi connectivity index (χ0n) is 12.0. The minimum atomic E-state index is 0.0953. The number of hydrogen-bond acceptors (Lipinski definition) is 2. The molecule has 0 bridgehead atoms. The first-order valence-corrected chi connectivity index (χ1v) is 7.69. The van der Waals surface area contributed by atoms with Crippen molar-refractivity contribution >= 4 is 17.5 Å². The van der Waals surface area contributed by atoms with Crippen molar-refractivity contribution in [2.45, 2.75) is 32.2 Å². The Kier molecular flexibility index (Phi) is 5.44. The standard InChI is InChI=1S/C16H23ClN2O/c1-19(11-12-5-4-7-14(17)9-12)16(20)15-8-3-2-6-13(15)10-18/h4-5,7,9,13,15H,2-3,6,8,10-11,18H2,1H3. The molecule has 0 aromatic heterocycles. The van der Waals surface area contributed by atoms with Crippen LogP contribution in [0.1, 0.15) is 31.2 Å². The Morgan fingerprint density at radius 2 is 2.15 bits per heavy atom. The van der Waals surface area contributed by atoms with Gasteiger partial charge in [0.05, 0.1) is 0 Å². The molecule has 1 amide bonds. The fourth-order valence-corrected chi connectivity index (χ4v) is 3.30. The van der Waals surface area contributed by atoms with E-state index < -0.39 is 0 Å². The van der Waals surface area contributed by atoms with Crippen LogP contribution in [0, 0.1) is 11.8 Å². The average Bonchev–Trinajstić information content (AvgIpc) is 2.46. The molecule has 2 atom stereocenters. The first-order valence-electron chi connectivity index (χ1n) is 7.31. The molecule has 1 aromatic rings. The third-order valence-corrected chi connectivity index (χ3v) is 4.45. The quantitative estimate of drug-likeness (QED) is 0.928. The highest BCUT2D eigenvalue weighted by Gasteiger charge is 2.31. The molecule has 1 fully saturated rings. The lowest BCUT2D eigenvalue weighted by atomic mass is 9.78. The monoisotopic (exact) mass is 294 g/mol. The van der Waals surface area contributed by atoms with E-state index in [2.05, 4.69) is 0 Å². The van der Waals surface area contributed by atoms with Crippen molar-refractivity contribution in [1.29, 1.82) is 0 Å². The number of nitrogens with two attached hydrogens (primary N) is 1. The van der Waals surface area contributed by atoms with Crippen LogP contribution in [0.4, 0.5) is 0 Å². The maximum Gasteiger partial charge on any atom is 0.226 e. The smallest absolute Gasteiger partial charge is 0.226 e. The summed E-state index contributed by atoms with van der Waals surface area (Å²) in [4.78, 5) is 14.4. The second-order valence-corrected chi connectivity index (χ2v) is 6.15. The fourth-order valence-electron chi connectivity index (χ4n) is 3.09. The van der Waals surface area contributed by atoms with Gasteiger partial charge in [-0.25, -0.2) is 0 Å². The third-order valence-electron chi connectivity index (χ3n) is 4.21. The Balaban J connectivity index is 2.00. The highest BCUT2D eigenvalue weighted by atomic mass is 35.5. The molecule has 110 valence electrons. The van der Waals surface area contributed by atoms with E-state index in [0.29, 0.717) is 24.0 Å². The van der Waals surface area contributed by atoms with Crippen molar-refractivity contribution in [3.05, 3.63) is 34.9 Å². The first kappa shape index (κ1) is 15.3. The molecule has 0 spiro atoms. The second kappa shape index (κ2) is 7.09. The SMILES string of the molecule is CN(Cc1cccc(Cl)c1)C(=O)C1CCCCC1CN. The Morgan fingerprint density at radius 3 is 2.85 bits per heavy atom. The van der Waals surface area contributed by atoms with E-state index in [1.165, 1.54) is 6.42 Å². The molecule has 20 heavy (non-hydrogen) atoms. The normalized spacial score (nSPS) is 22.6. The summed E-state index contributed by atoms with van der Waals surface area (Å²) < 4.78 is 0. The fraction of sp³-hybridized carbons (Fsp3) is 0.562. The largest absolute Gasteiger partial charge is 0.341 e. The summed E-state index contributed by atoms with van der Waals surface area (Å²) >= 11 is 5.98. The molecule has 2 N–H and O–H groups in total. The number of benzene rings is 1. The van der Waals surface area contributed by atoms with Crippen LogP contribution in [0.5, 0.6) is 0 Å². The summed E-state index contributed by atoms with van der Waals surface area (Å²) in [5.41, 5.74) is 6.88. The molecular formula is C16H23ClN2O. The van der Waals surface area contributed by atoms with E-state index in [-0.39, 0.29) is 11.8 Å². The van der Waals surface area contributed by atoms with E-state index in [1.807, 2.05) is 36.2 Å². The predicted octanol–water partition coefficient (Wildman–Crippen LogP) is 3.06. The summed E-state index contributed by atoms with van der Waals surface area (Å²) in [5.74, 6) is 0.663. The molecule has 0 radical (unpaired) electrons. The predicted molar refractivity (Wildman–Crippen MR) is 82.4 cm³/mol. The van der Waals surface area contributed by atoms with Gasteiger partial charge < -0.3 is 10.6 Å². The van der Waals surface area contributed by atoms with Gasteiger partial charge in [0.1, 0.15) is 0 Å². The number of hydrogen-bond donors (Lipinski definition) is 1. The highest BCUT2D eigenvalue weighted by Crippen LogP contribution is 2.30. The van der Waals surface area contributed by atoms with Gasteiger partial charge in [0, 0.05) is 24.5 Å². The maximum absolute atomic E-state index is 12.6. The topological polar surface area (TPSA) is 46.3 Å². The van der Waals surface area contributed by atoms with E-state index in [4.69, 9.17) is 17.3 Å². The number of halogens is 1. The molecule has 1 saturated carbocycles. The van der Waals surface area contributed by atoms with Gasteiger partial charge in [-0.1, -0.05) is 36.6 Å². The van der Waals surface area contributed by atoms with Gasteiger partial charge in [-0.3, -0.25) is 4.79 Å². The maximum atomic E-state index is 12.6. The number of carbonyl (C=O) groups is 1. The van der Waals surface area contributed by atoms with Gasteiger partial charge in [-0.15, -0.1) is 0 Å². The minimum Gasteiger partial charge on any atom is -0.341 e. The number of nitrogens with zero attached hydrogens (tertiary/aromatic N) is 1. The number of carbonyl (C=O) groups excluding carboxylic acids is 1. The second-order valence-electron chi connectivity index (χ2n) is 5.71. The van der Waals surface area contributed by atoms with Gasteiger partial charge in [0.15, 0.2) is 0 Å². The van der Waals surface area contributed by atoms with Gasteiger partial charge >= 0.3 is 0 Å². The molecule has 1 aliphatic carbocycles. The lowest BCUT2D eigenvalue weighted by molar-refractivity contribution is -0.137. The third kappa shape index (κ3) is 3.74. The minimum absolute atomic E-state index is 0.0953. The van der Waals surface area contributed by atoms with Gasteiger partial charge in [0.25, 0.3) is 0 Å². The lowest BCUT2D eigenvalue weighted by Crippen LogP contribution is -2.40. The molecule has 4 heteroatoms. The zero-order valence-corrected chi connectivity index (χ0v) is 12.8. The molecule has 2 rings (SSSR count). The molecule has 0 heterocycles. The molecule has 1 aliphatic rings. The van der Waals surface area contributed by atoms with E-state index >= 15 is 0 Å². The molecule has 0 saturated heterocycles. The van der Waals surface area contributed by atoms with Crippen LogP contribution < -0.4 is 5.73 Å². The van der Waals surface area contributed by atoms with Crippen LogP contribution in [0.3, 0.4) is 0 Å². The van der Waals surface area contributed by atoms with Crippen molar-refractivity contribution in [1.82, 2.24) is 4.90 Å².